The van der Waals surface area contributed by atoms with Crippen LogP contribution in [0.15, 0.2) is 24.3 Å². The van der Waals surface area contributed by atoms with Crippen LogP contribution in [0.25, 0.3) is 11.3 Å². The number of amides is 1. The number of nitro benzene ring substituents is 1. The number of non-ortho nitro benzene ring substituents is 1. The van der Waals surface area contributed by atoms with E-state index < -0.39 is 16.6 Å². The summed E-state index contributed by atoms with van der Waals surface area (Å²) in [5.41, 5.74) is 2.40. The fourth-order valence-electron chi connectivity index (χ4n) is 3.83. The van der Waals surface area contributed by atoms with Crippen molar-refractivity contribution in [2.75, 3.05) is 24.7 Å². The zero-order valence-electron chi connectivity index (χ0n) is 18.7. The minimum Gasteiger partial charge on any atom is -0.444 e. The molecule has 10 nitrogen and oxygen atoms in total. The molecule has 3 heterocycles. The molecule has 1 fully saturated rings. The second kappa shape index (κ2) is 8.34. The van der Waals surface area contributed by atoms with Crippen LogP contribution in [0.2, 0.25) is 0 Å². The van der Waals surface area contributed by atoms with Crippen molar-refractivity contribution in [3.63, 3.8) is 0 Å². The van der Waals surface area contributed by atoms with Crippen molar-refractivity contribution in [3.05, 3.63) is 45.6 Å². The van der Waals surface area contributed by atoms with Crippen LogP contribution in [-0.2, 0) is 22.6 Å². The van der Waals surface area contributed by atoms with Crippen molar-refractivity contribution >= 4 is 17.7 Å². The number of anilines is 1. The van der Waals surface area contributed by atoms with E-state index in [2.05, 4.69) is 4.90 Å². The van der Waals surface area contributed by atoms with Gasteiger partial charge in [-0.2, -0.15) is 0 Å². The quantitative estimate of drug-likeness (QED) is 0.525. The van der Waals surface area contributed by atoms with Gasteiger partial charge in [0.25, 0.3) is 5.69 Å². The fourth-order valence-corrected chi connectivity index (χ4v) is 3.83. The summed E-state index contributed by atoms with van der Waals surface area (Å²) in [6.45, 7) is 9.99. The first-order valence-corrected chi connectivity index (χ1v) is 10.6. The van der Waals surface area contributed by atoms with Crippen LogP contribution in [0, 0.1) is 10.1 Å². The molecule has 0 spiro atoms. The van der Waals surface area contributed by atoms with Gasteiger partial charge in [0.1, 0.15) is 5.60 Å². The highest BCUT2D eigenvalue weighted by Crippen LogP contribution is 2.34. The van der Waals surface area contributed by atoms with E-state index in [1.165, 1.54) is 12.1 Å². The number of nitrogens with zero attached hydrogens (tertiary/aromatic N) is 5. The minimum absolute atomic E-state index is 0.0110. The molecule has 170 valence electrons. The molecular weight excluding hydrogens is 414 g/mol. The van der Waals surface area contributed by atoms with Crippen molar-refractivity contribution in [2.45, 2.75) is 52.4 Å². The monoisotopic (exact) mass is 441 g/mol. The molecular formula is C22H27N5O5. The molecule has 32 heavy (non-hydrogen) atoms. The van der Waals surface area contributed by atoms with Crippen molar-refractivity contribution < 1.29 is 19.2 Å². The number of hydrogen-bond acceptors (Lipinski definition) is 8. The molecule has 2 aromatic rings. The summed E-state index contributed by atoms with van der Waals surface area (Å²) >= 11 is 0. The number of rotatable bonds is 3. The summed E-state index contributed by atoms with van der Waals surface area (Å²) in [7, 11) is 0. The van der Waals surface area contributed by atoms with Gasteiger partial charge in [0.15, 0.2) is 0 Å². The lowest BCUT2D eigenvalue weighted by atomic mass is 10.1. The highest BCUT2D eigenvalue weighted by molar-refractivity contribution is 5.73. The van der Waals surface area contributed by atoms with Gasteiger partial charge >= 0.3 is 6.09 Å². The van der Waals surface area contributed by atoms with Gasteiger partial charge in [-0.25, -0.2) is 14.8 Å². The number of benzene rings is 1. The maximum atomic E-state index is 12.7. The highest BCUT2D eigenvalue weighted by atomic mass is 16.6. The Balaban J connectivity index is 1.73. The Kier molecular flexibility index (Phi) is 5.72. The molecule has 10 heteroatoms. The van der Waals surface area contributed by atoms with Gasteiger partial charge in [-0.15, -0.1) is 0 Å². The second-order valence-corrected chi connectivity index (χ2v) is 9.06. The summed E-state index contributed by atoms with van der Waals surface area (Å²) < 4.78 is 11.1. The predicted molar refractivity (Wildman–Crippen MR) is 117 cm³/mol. The summed E-state index contributed by atoms with van der Waals surface area (Å²) in [4.78, 5) is 36.7. The molecule has 2 aliphatic heterocycles. The van der Waals surface area contributed by atoms with E-state index in [4.69, 9.17) is 19.4 Å². The molecule has 1 aromatic carbocycles. The molecule has 0 radical (unpaired) electrons. The Hall–Kier alpha value is -3.27. The lowest BCUT2D eigenvalue weighted by molar-refractivity contribution is -0.384. The Bertz CT molecular complexity index is 1030. The van der Waals surface area contributed by atoms with Crippen LogP contribution in [0.1, 0.15) is 39.0 Å². The third-order valence-electron chi connectivity index (χ3n) is 5.40. The van der Waals surface area contributed by atoms with E-state index in [1.807, 2.05) is 27.7 Å². The predicted octanol–water partition coefficient (Wildman–Crippen LogP) is 3.53. The van der Waals surface area contributed by atoms with Gasteiger partial charge in [0.2, 0.25) is 5.95 Å². The highest BCUT2D eigenvalue weighted by Gasteiger charge is 2.33. The van der Waals surface area contributed by atoms with Crippen LogP contribution >= 0.6 is 0 Å². The molecule has 1 atom stereocenters. The molecule has 0 saturated carbocycles. The summed E-state index contributed by atoms with van der Waals surface area (Å²) in [6, 6.07) is 6.39. The molecule has 2 aliphatic rings. The molecule has 1 amide bonds. The molecule has 0 unspecified atom stereocenters. The van der Waals surface area contributed by atoms with Crippen LogP contribution in [0.4, 0.5) is 16.4 Å². The number of hydrogen-bond donors (Lipinski definition) is 0. The first kappa shape index (κ1) is 21.9. The Morgan fingerprint density at radius 3 is 2.56 bits per heavy atom. The van der Waals surface area contributed by atoms with Gasteiger partial charge in [0, 0.05) is 29.8 Å². The van der Waals surface area contributed by atoms with Gasteiger partial charge in [-0.3, -0.25) is 15.0 Å². The Labute approximate surface area is 186 Å². The van der Waals surface area contributed by atoms with Crippen LogP contribution in [-0.4, -0.2) is 57.3 Å². The van der Waals surface area contributed by atoms with E-state index in [0.717, 1.165) is 16.8 Å². The number of ether oxygens (including phenoxy) is 2. The number of nitro groups is 1. The van der Waals surface area contributed by atoms with E-state index in [0.29, 0.717) is 44.5 Å². The number of carbonyl (C=O) groups excluding carboxylic acids is 1. The van der Waals surface area contributed by atoms with Crippen LogP contribution in [0.5, 0.6) is 0 Å². The van der Waals surface area contributed by atoms with Gasteiger partial charge in [-0.05, 0) is 39.8 Å². The molecule has 0 aliphatic carbocycles. The van der Waals surface area contributed by atoms with Crippen molar-refractivity contribution in [1.82, 2.24) is 14.9 Å². The third-order valence-corrected chi connectivity index (χ3v) is 5.40. The van der Waals surface area contributed by atoms with E-state index in [-0.39, 0.29) is 11.7 Å². The van der Waals surface area contributed by atoms with Gasteiger partial charge in [-0.1, -0.05) is 0 Å². The standard InChI is InChI=1S/C22H27N5O5/c1-14-13-31-10-9-26(14)20-23-18-12-25(21(28)32-22(2,3)4)11-17(18)19(24-20)15-5-7-16(8-6-15)27(29)30/h5-8,14H,9-13H2,1-4H3/t14-/m0/s1. The lowest BCUT2D eigenvalue weighted by Gasteiger charge is -2.33. The molecule has 0 bridgehead atoms. The Morgan fingerprint density at radius 1 is 1.22 bits per heavy atom. The van der Waals surface area contributed by atoms with Crippen molar-refractivity contribution in [1.29, 1.82) is 0 Å². The van der Waals surface area contributed by atoms with E-state index in [1.54, 1.807) is 17.0 Å². The van der Waals surface area contributed by atoms with Gasteiger partial charge < -0.3 is 14.4 Å². The maximum absolute atomic E-state index is 12.7. The van der Waals surface area contributed by atoms with E-state index >= 15 is 0 Å². The first-order valence-electron chi connectivity index (χ1n) is 10.6. The molecule has 1 aromatic heterocycles. The average molecular weight is 441 g/mol. The SMILES string of the molecule is C[C@H]1COCCN1c1nc2c(c(-c3ccc([N+](=O)[O-])cc3)n1)CN(C(=O)OC(C)(C)C)C2. The first-order chi connectivity index (χ1) is 15.1. The Morgan fingerprint density at radius 2 is 1.94 bits per heavy atom. The van der Waals surface area contributed by atoms with Gasteiger partial charge in [0.05, 0.1) is 48.7 Å². The zero-order chi connectivity index (χ0) is 23.0. The largest absolute Gasteiger partial charge is 0.444 e. The smallest absolute Gasteiger partial charge is 0.410 e. The zero-order valence-corrected chi connectivity index (χ0v) is 18.7. The number of morpholine rings is 1. The molecule has 1 saturated heterocycles. The minimum atomic E-state index is -0.604. The average Bonchev–Trinajstić information content (AvgIpc) is 3.17. The molecule has 4 rings (SSSR count). The van der Waals surface area contributed by atoms with Crippen molar-refractivity contribution in [2.24, 2.45) is 0 Å². The molecule has 0 N–H and O–H groups in total. The third kappa shape index (κ3) is 4.50. The maximum Gasteiger partial charge on any atom is 0.410 e. The van der Waals surface area contributed by atoms with Crippen molar-refractivity contribution in [3.8, 4) is 11.3 Å². The lowest BCUT2D eigenvalue weighted by Crippen LogP contribution is -2.44. The van der Waals surface area contributed by atoms with E-state index in [9.17, 15) is 14.9 Å². The fraction of sp³-hybridized carbons (Fsp3) is 0.500. The summed E-state index contributed by atoms with van der Waals surface area (Å²) in [6.07, 6.45) is -0.411. The number of carbonyl (C=O) groups is 1. The normalized spacial score (nSPS) is 18.4. The second-order valence-electron chi connectivity index (χ2n) is 9.06. The summed E-state index contributed by atoms with van der Waals surface area (Å²) in [5, 5.41) is 11.1. The summed E-state index contributed by atoms with van der Waals surface area (Å²) in [5.74, 6) is 0.568. The number of aromatic nitrogens is 2. The number of fused-ring (bicyclic) bond motifs is 1. The topological polar surface area (TPSA) is 111 Å². The van der Waals surface area contributed by atoms with Crippen LogP contribution in [0.3, 0.4) is 0 Å². The van der Waals surface area contributed by atoms with Crippen LogP contribution < -0.4 is 4.90 Å².